The number of hydrogen-bond donors (Lipinski definition) is 0. The van der Waals surface area contributed by atoms with Gasteiger partial charge in [0.1, 0.15) is 6.10 Å². The molecule has 1 aliphatic heterocycles. The molecule has 0 aliphatic carbocycles. The summed E-state index contributed by atoms with van der Waals surface area (Å²) in [6.45, 7) is 0.386. The highest BCUT2D eigenvalue weighted by atomic mass is 19.4. The average molecular weight is 372 g/mol. The van der Waals surface area contributed by atoms with Crippen LogP contribution >= 0.6 is 0 Å². The third-order valence-corrected chi connectivity index (χ3v) is 3.95. The second kappa shape index (κ2) is 6.89. The number of rotatable bonds is 3. The van der Waals surface area contributed by atoms with Crippen molar-refractivity contribution in [3.05, 3.63) is 59.3 Å². The molecular formula is C17H13F5N2O2. The first kappa shape index (κ1) is 18.1. The van der Waals surface area contributed by atoms with Crippen molar-refractivity contribution < 1.29 is 31.5 Å². The molecule has 0 bridgehead atoms. The lowest BCUT2D eigenvalue weighted by molar-refractivity contribution is -0.137. The lowest BCUT2D eigenvalue weighted by atomic mass is 10.2. The quantitative estimate of drug-likeness (QED) is 0.772. The number of amides is 1. The molecule has 1 fully saturated rings. The summed E-state index contributed by atoms with van der Waals surface area (Å²) >= 11 is 0. The Bertz CT molecular complexity index is 825. The van der Waals surface area contributed by atoms with Gasteiger partial charge in [-0.05, 0) is 24.3 Å². The van der Waals surface area contributed by atoms with Crippen LogP contribution in [0.1, 0.15) is 22.3 Å². The van der Waals surface area contributed by atoms with Gasteiger partial charge in [0.05, 0.1) is 12.1 Å². The fourth-order valence-electron chi connectivity index (χ4n) is 2.64. The molecule has 1 amide bonds. The first-order valence-electron chi connectivity index (χ1n) is 7.68. The number of benzene rings is 1. The highest BCUT2D eigenvalue weighted by Gasteiger charge is 2.32. The Morgan fingerprint density at radius 3 is 2.62 bits per heavy atom. The fraction of sp³-hybridized carbons (Fsp3) is 0.294. The third-order valence-electron chi connectivity index (χ3n) is 3.95. The molecule has 4 nitrogen and oxygen atoms in total. The number of carbonyl (C=O) groups is 1. The van der Waals surface area contributed by atoms with E-state index in [2.05, 4.69) is 4.98 Å². The maximum atomic E-state index is 13.3. The summed E-state index contributed by atoms with van der Waals surface area (Å²) < 4.78 is 69.8. The molecule has 1 saturated heterocycles. The molecular weight excluding hydrogens is 359 g/mol. The van der Waals surface area contributed by atoms with Gasteiger partial charge in [-0.15, -0.1) is 0 Å². The largest absolute Gasteiger partial charge is 0.472 e. The standard InChI is InChI=1S/C17H13F5N2O2/c18-13-2-1-10(7-14(13)19)16(25)24-6-4-12(9-24)26-15-8-11(3-5-23-15)17(20,21)22/h1-3,5,7-8,12H,4,6,9H2/t12-/m0/s1. The van der Waals surface area contributed by atoms with Gasteiger partial charge in [-0.25, -0.2) is 13.8 Å². The van der Waals surface area contributed by atoms with Gasteiger partial charge in [0.2, 0.25) is 5.88 Å². The van der Waals surface area contributed by atoms with Crippen LogP contribution in [-0.2, 0) is 6.18 Å². The molecule has 1 atom stereocenters. The highest BCUT2D eigenvalue weighted by molar-refractivity contribution is 5.94. The Labute approximate surface area is 145 Å². The second-order valence-electron chi connectivity index (χ2n) is 5.79. The van der Waals surface area contributed by atoms with Crippen LogP contribution in [0.4, 0.5) is 22.0 Å². The maximum absolute atomic E-state index is 13.3. The van der Waals surface area contributed by atoms with E-state index in [1.165, 1.54) is 11.0 Å². The van der Waals surface area contributed by atoms with E-state index in [-0.39, 0.29) is 24.5 Å². The fourth-order valence-corrected chi connectivity index (χ4v) is 2.64. The monoisotopic (exact) mass is 372 g/mol. The van der Waals surface area contributed by atoms with Crippen molar-refractivity contribution in [1.29, 1.82) is 0 Å². The molecule has 1 aromatic carbocycles. The Kier molecular flexibility index (Phi) is 4.80. The molecule has 2 heterocycles. The Balaban J connectivity index is 1.65. The minimum atomic E-state index is -4.51. The smallest absolute Gasteiger partial charge is 0.416 e. The van der Waals surface area contributed by atoms with Gasteiger partial charge in [0.15, 0.2) is 11.6 Å². The van der Waals surface area contributed by atoms with E-state index in [0.29, 0.717) is 6.42 Å². The summed E-state index contributed by atoms with van der Waals surface area (Å²) in [6.07, 6.45) is -3.67. The topological polar surface area (TPSA) is 42.4 Å². The second-order valence-corrected chi connectivity index (χ2v) is 5.79. The van der Waals surface area contributed by atoms with E-state index in [1.807, 2.05) is 0 Å². The van der Waals surface area contributed by atoms with Crippen molar-refractivity contribution in [1.82, 2.24) is 9.88 Å². The summed E-state index contributed by atoms with van der Waals surface area (Å²) in [5.41, 5.74) is -0.892. The van der Waals surface area contributed by atoms with Crippen LogP contribution in [0.3, 0.4) is 0 Å². The number of nitrogens with zero attached hydrogens (tertiary/aromatic N) is 2. The zero-order valence-electron chi connectivity index (χ0n) is 13.3. The summed E-state index contributed by atoms with van der Waals surface area (Å²) in [4.78, 5) is 17.4. The Morgan fingerprint density at radius 2 is 1.92 bits per heavy atom. The van der Waals surface area contributed by atoms with E-state index in [9.17, 15) is 26.7 Å². The van der Waals surface area contributed by atoms with Crippen LogP contribution in [0.15, 0.2) is 36.5 Å². The minimum Gasteiger partial charge on any atom is -0.472 e. The van der Waals surface area contributed by atoms with Gasteiger partial charge >= 0.3 is 6.18 Å². The molecule has 138 valence electrons. The van der Waals surface area contributed by atoms with E-state index in [0.717, 1.165) is 30.5 Å². The summed E-state index contributed by atoms with van der Waals surface area (Å²) in [7, 11) is 0. The molecule has 0 N–H and O–H groups in total. The van der Waals surface area contributed by atoms with E-state index in [1.54, 1.807) is 0 Å². The molecule has 9 heteroatoms. The van der Waals surface area contributed by atoms with Gasteiger partial charge in [0.25, 0.3) is 5.91 Å². The van der Waals surface area contributed by atoms with Gasteiger partial charge < -0.3 is 9.64 Å². The van der Waals surface area contributed by atoms with Crippen LogP contribution in [0.25, 0.3) is 0 Å². The first-order chi connectivity index (χ1) is 12.2. The SMILES string of the molecule is O=C(c1ccc(F)c(F)c1)N1CC[C@H](Oc2cc(C(F)(F)F)ccn2)C1. The van der Waals surface area contributed by atoms with E-state index < -0.39 is 35.4 Å². The Hall–Kier alpha value is -2.71. The van der Waals surface area contributed by atoms with Crippen LogP contribution in [0.2, 0.25) is 0 Å². The number of ether oxygens (including phenoxy) is 1. The zero-order chi connectivity index (χ0) is 18.9. The molecule has 0 radical (unpaired) electrons. The average Bonchev–Trinajstić information content (AvgIpc) is 3.04. The normalized spacial score (nSPS) is 17.4. The number of hydrogen-bond acceptors (Lipinski definition) is 3. The van der Waals surface area contributed by atoms with E-state index in [4.69, 9.17) is 4.74 Å². The van der Waals surface area contributed by atoms with E-state index >= 15 is 0 Å². The number of carbonyl (C=O) groups excluding carboxylic acids is 1. The van der Waals surface area contributed by atoms with Crippen molar-refractivity contribution in [3.8, 4) is 5.88 Å². The maximum Gasteiger partial charge on any atom is 0.416 e. The summed E-state index contributed by atoms with van der Waals surface area (Å²) in [6, 6.07) is 4.46. The van der Waals surface area contributed by atoms with Gasteiger partial charge in [-0.2, -0.15) is 13.2 Å². The molecule has 0 unspecified atom stereocenters. The van der Waals surface area contributed by atoms with Crippen LogP contribution in [-0.4, -0.2) is 35.0 Å². The van der Waals surface area contributed by atoms with Crippen molar-refractivity contribution in [2.24, 2.45) is 0 Å². The van der Waals surface area contributed by atoms with Crippen molar-refractivity contribution in [2.75, 3.05) is 13.1 Å². The van der Waals surface area contributed by atoms with Crippen LogP contribution in [0, 0.1) is 11.6 Å². The van der Waals surface area contributed by atoms with Crippen molar-refractivity contribution in [3.63, 3.8) is 0 Å². The molecule has 0 saturated carbocycles. The number of halogens is 5. The lowest BCUT2D eigenvalue weighted by Crippen LogP contribution is -2.31. The lowest BCUT2D eigenvalue weighted by Gasteiger charge is -2.17. The molecule has 26 heavy (non-hydrogen) atoms. The number of likely N-dealkylation sites (tertiary alicyclic amines) is 1. The zero-order valence-corrected chi connectivity index (χ0v) is 13.3. The van der Waals surface area contributed by atoms with Gasteiger partial charge in [0, 0.05) is 30.8 Å². The predicted octanol–water partition coefficient (Wildman–Crippen LogP) is 3.67. The number of aromatic nitrogens is 1. The minimum absolute atomic E-state index is 0.0123. The molecule has 1 aliphatic rings. The predicted molar refractivity (Wildman–Crippen MR) is 80.5 cm³/mol. The van der Waals surface area contributed by atoms with Crippen molar-refractivity contribution >= 4 is 5.91 Å². The number of alkyl halides is 3. The Morgan fingerprint density at radius 1 is 1.15 bits per heavy atom. The highest BCUT2D eigenvalue weighted by Crippen LogP contribution is 2.31. The third kappa shape index (κ3) is 3.92. The van der Waals surface area contributed by atoms with Gasteiger partial charge in [-0.1, -0.05) is 0 Å². The van der Waals surface area contributed by atoms with Crippen LogP contribution in [0.5, 0.6) is 5.88 Å². The van der Waals surface area contributed by atoms with Gasteiger partial charge in [-0.3, -0.25) is 4.79 Å². The first-order valence-corrected chi connectivity index (χ1v) is 7.68. The molecule has 2 aromatic rings. The molecule has 3 rings (SSSR count). The number of pyridine rings is 1. The summed E-state index contributed by atoms with van der Waals surface area (Å²) in [5, 5.41) is 0. The van der Waals surface area contributed by atoms with Crippen LogP contribution < -0.4 is 4.74 Å². The summed E-state index contributed by atoms with van der Waals surface area (Å²) in [5.74, 6) is -2.88. The van der Waals surface area contributed by atoms with Crippen molar-refractivity contribution in [2.45, 2.75) is 18.7 Å². The molecule has 0 spiro atoms. The molecule has 1 aromatic heterocycles.